The van der Waals surface area contributed by atoms with E-state index >= 15 is 0 Å². The first-order valence-corrected chi connectivity index (χ1v) is 6.96. The van der Waals surface area contributed by atoms with Gasteiger partial charge in [0.25, 0.3) is 0 Å². The zero-order valence-corrected chi connectivity index (χ0v) is 11.2. The Morgan fingerprint density at radius 2 is 2.00 bits per heavy atom. The van der Waals surface area contributed by atoms with Crippen molar-refractivity contribution >= 4 is 11.4 Å². The van der Waals surface area contributed by atoms with Gasteiger partial charge in [-0.3, -0.25) is 0 Å². The molecule has 3 N–H and O–H groups in total. The van der Waals surface area contributed by atoms with Crippen LogP contribution in [0.5, 0.6) is 0 Å². The maximum Gasteiger partial charge on any atom is 0.0632 e. The molecule has 0 saturated heterocycles. The van der Waals surface area contributed by atoms with E-state index < -0.39 is 0 Å². The Labute approximate surface area is 110 Å². The molecule has 3 heteroatoms. The predicted molar refractivity (Wildman–Crippen MR) is 76.9 cm³/mol. The number of aryl methyl sites for hydroxylation is 1. The molecule has 18 heavy (non-hydrogen) atoms. The largest absolute Gasteiger partial charge is 0.397 e. The molecule has 3 nitrogen and oxygen atoms in total. The fraction of sp³-hybridized carbons (Fsp3) is 0.600. The van der Waals surface area contributed by atoms with E-state index in [4.69, 9.17) is 5.73 Å². The van der Waals surface area contributed by atoms with Crippen LogP contribution < -0.4 is 10.6 Å². The molecule has 1 aromatic carbocycles. The van der Waals surface area contributed by atoms with Gasteiger partial charge in [0, 0.05) is 12.6 Å². The Hall–Kier alpha value is -1.22. The Morgan fingerprint density at radius 3 is 2.61 bits per heavy atom. The molecule has 0 unspecified atom stereocenters. The topological polar surface area (TPSA) is 49.5 Å². The van der Waals surface area contributed by atoms with Gasteiger partial charge in [0.15, 0.2) is 0 Å². The number of anilines is 2. The summed E-state index contributed by atoms with van der Waals surface area (Å²) in [4.78, 5) is 2.32. The van der Waals surface area contributed by atoms with Gasteiger partial charge in [0.1, 0.15) is 0 Å². The van der Waals surface area contributed by atoms with Crippen molar-refractivity contribution < 1.29 is 5.11 Å². The van der Waals surface area contributed by atoms with Crippen LogP contribution in [0.2, 0.25) is 0 Å². The predicted octanol–water partition coefficient (Wildman–Crippen LogP) is 2.71. The molecule has 1 fully saturated rings. The first kappa shape index (κ1) is 13.2. The van der Waals surface area contributed by atoms with E-state index in [1.807, 2.05) is 12.1 Å². The summed E-state index contributed by atoms with van der Waals surface area (Å²) in [5.41, 5.74) is 9.29. The van der Waals surface area contributed by atoms with Crippen molar-refractivity contribution in [2.45, 2.75) is 45.1 Å². The van der Waals surface area contributed by atoms with Gasteiger partial charge in [0.2, 0.25) is 0 Å². The van der Waals surface area contributed by atoms with Crippen molar-refractivity contribution in [3.8, 4) is 0 Å². The number of nitrogen functional groups attached to an aromatic ring is 1. The molecule has 2 rings (SSSR count). The monoisotopic (exact) mass is 248 g/mol. The Balaban J connectivity index is 2.28. The second kappa shape index (κ2) is 6.10. The van der Waals surface area contributed by atoms with Crippen LogP contribution in [0.1, 0.15) is 37.7 Å². The fourth-order valence-electron chi connectivity index (χ4n) is 3.05. The molecule has 1 aromatic rings. The minimum absolute atomic E-state index is 0.185. The maximum absolute atomic E-state index is 9.33. The number of para-hydroxylation sites is 1. The van der Waals surface area contributed by atoms with Crippen LogP contribution in [0.15, 0.2) is 18.2 Å². The van der Waals surface area contributed by atoms with Gasteiger partial charge >= 0.3 is 0 Å². The Morgan fingerprint density at radius 1 is 1.28 bits per heavy atom. The van der Waals surface area contributed by atoms with E-state index in [1.165, 1.54) is 37.7 Å². The van der Waals surface area contributed by atoms with Crippen LogP contribution in [-0.4, -0.2) is 24.3 Å². The Kier molecular flexibility index (Phi) is 4.48. The van der Waals surface area contributed by atoms with Crippen molar-refractivity contribution in [2.24, 2.45) is 0 Å². The lowest BCUT2D eigenvalue weighted by atomic mass is 9.93. The van der Waals surface area contributed by atoms with Crippen molar-refractivity contribution in [1.29, 1.82) is 0 Å². The minimum Gasteiger partial charge on any atom is -0.397 e. The lowest BCUT2D eigenvalue weighted by molar-refractivity contribution is 0.290. The second-order valence-corrected chi connectivity index (χ2v) is 5.22. The zero-order chi connectivity index (χ0) is 13.0. The summed E-state index contributed by atoms with van der Waals surface area (Å²) in [6, 6.07) is 6.58. The molecule has 1 saturated carbocycles. The molecule has 1 aliphatic carbocycles. The van der Waals surface area contributed by atoms with E-state index in [0.717, 1.165) is 11.4 Å². The molecule has 0 atom stereocenters. The number of aliphatic hydroxyl groups is 1. The second-order valence-electron chi connectivity index (χ2n) is 5.22. The van der Waals surface area contributed by atoms with Crippen LogP contribution in [0.3, 0.4) is 0 Å². The van der Waals surface area contributed by atoms with Gasteiger partial charge in [0.05, 0.1) is 18.0 Å². The SMILES string of the molecule is Cc1cccc(N)c1N(CCO)C1CCCCC1. The van der Waals surface area contributed by atoms with E-state index in [-0.39, 0.29) is 6.61 Å². The number of nitrogens with zero attached hydrogens (tertiary/aromatic N) is 1. The van der Waals surface area contributed by atoms with Crippen molar-refractivity contribution in [3.05, 3.63) is 23.8 Å². The van der Waals surface area contributed by atoms with Gasteiger partial charge in [-0.05, 0) is 31.4 Å². The van der Waals surface area contributed by atoms with Gasteiger partial charge in [-0.1, -0.05) is 31.4 Å². The molecule has 0 bridgehead atoms. The summed E-state index contributed by atoms with van der Waals surface area (Å²) >= 11 is 0. The first-order valence-electron chi connectivity index (χ1n) is 6.96. The summed E-state index contributed by atoms with van der Waals surface area (Å²) in [5, 5.41) is 9.33. The number of rotatable bonds is 4. The summed E-state index contributed by atoms with van der Waals surface area (Å²) < 4.78 is 0. The van der Waals surface area contributed by atoms with Crippen molar-refractivity contribution in [1.82, 2.24) is 0 Å². The third-order valence-corrected chi connectivity index (χ3v) is 3.91. The molecular weight excluding hydrogens is 224 g/mol. The first-order chi connectivity index (χ1) is 8.74. The van der Waals surface area contributed by atoms with Crippen LogP contribution in [0, 0.1) is 6.92 Å². The molecule has 0 aromatic heterocycles. The van der Waals surface area contributed by atoms with Crippen LogP contribution in [-0.2, 0) is 0 Å². The number of hydrogen-bond donors (Lipinski definition) is 2. The average molecular weight is 248 g/mol. The number of nitrogens with two attached hydrogens (primary N) is 1. The molecular formula is C15H24N2O. The van der Waals surface area contributed by atoms with Gasteiger partial charge in [-0.2, -0.15) is 0 Å². The average Bonchev–Trinajstić information content (AvgIpc) is 2.38. The molecule has 0 radical (unpaired) electrons. The minimum atomic E-state index is 0.185. The van der Waals surface area contributed by atoms with Crippen LogP contribution in [0.25, 0.3) is 0 Å². The van der Waals surface area contributed by atoms with E-state index in [0.29, 0.717) is 12.6 Å². The van der Waals surface area contributed by atoms with E-state index in [2.05, 4.69) is 17.9 Å². The summed E-state index contributed by atoms with van der Waals surface area (Å²) in [6.07, 6.45) is 6.35. The van der Waals surface area contributed by atoms with Crippen LogP contribution in [0.4, 0.5) is 11.4 Å². The molecule has 0 aliphatic heterocycles. The van der Waals surface area contributed by atoms with E-state index in [9.17, 15) is 5.11 Å². The highest BCUT2D eigenvalue weighted by Crippen LogP contribution is 2.33. The van der Waals surface area contributed by atoms with E-state index in [1.54, 1.807) is 0 Å². The highest BCUT2D eigenvalue weighted by atomic mass is 16.3. The van der Waals surface area contributed by atoms with Crippen molar-refractivity contribution in [3.63, 3.8) is 0 Å². The normalized spacial score (nSPS) is 16.8. The van der Waals surface area contributed by atoms with Gasteiger partial charge < -0.3 is 15.7 Å². The fourth-order valence-corrected chi connectivity index (χ4v) is 3.05. The Bertz CT molecular complexity index is 366. The maximum atomic E-state index is 9.33. The smallest absolute Gasteiger partial charge is 0.0632 e. The third-order valence-electron chi connectivity index (χ3n) is 3.91. The summed E-state index contributed by atoms with van der Waals surface area (Å²) in [5.74, 6) is 0. The quantitative estimate of drug-likeness (QED) is 0.805. The standard InChI is InChI=1S/C15H24N2O/c1-12-6-5-9-14(16)15(12)17(10-11-18)13-7-3-2-4-8-13/h5-6,9,13,18H,2-4,7-8,10-11,16H2,1H3. The summed E-state index contributed by atoms with van der Waals surface area (Å²) in [6.45, 7) is 2.96. The number of aliphatic hydroxyl groups excluding tert-OH is 1. The van der Waals surface area contributed by atoms with Crippen molar-refractivity contribution in [2.75, 3.05) is 23.8 Å². The van der Waals surface area contributed by atoms with Gasteiger partial charge in [-0.25, -0.2) is 0 Å². The molecule has 1 aliphatic rings. The summed E-state index contributed by atoms with van der Waals surface area (Å²) in [7, 11) is 0. The molecule has 100 valence electrons. The highest BCUT2D eigenvalue weighted by Gasteiger charge is 2.23. The lowest BCUT2D eigenvalue weighted by Crippen LogP contribution is -2.39. The third kappa shape index (κ3) is 2.78. The molecule has 0 spiro atoms. The number of hydrogen-bond acceptors (Lipinski definition) is 3. The zero-order valence-electron chi connectivity index (χ0n) is 11.2. The van der Waals surface area contributed by atoms with Gasteiger partial charge in [-0.15, -0.1) is 0 Å². The molecule has 0 heterocycles. The lowest BCUT2D eigenvalue weighted by Gasteiger charge is -2.37. The number of benzene rings is 1. The molecule has 0 amide bonds. The van der Waals surface area contributed by atoms with Crippen LogP contribution >= 0.6 is 0 Å². The highest BCUT2D eigenvalue weighted by molar-refractivity contribution is 5.71.